The summed E-state index contributed by atoms with van der Waals surface area (Å²) in [6, 6.07) is 0. The molecule has 0 radical (unpaired) electrons. The van der Waals surface area contributed by atoms with Gasteiger partial charge in [-0.15, -0.1) is 0 Å². The molecule has 1 rings (SSSR count). The van der Waals surface area contributed by atoms with Crippen LogP contribution in [0.3, 0.4) is 0 Å². The molecule has 0 aliphatic carbocycles. The summed E-state index contributed by atoms with van der Waals surface area (Å²) in [5.41, 5.74) is 5.32. The molecular weight excluding hydrogens is 164 g/mol. The molecule has 0 aromatic rings. The fourth-order valence-electron chi connectivity index (χ4n) is 1.26. The van der Waals surface area contributed by atoms with Crippen LogP contribution >= 0.6 is 0 Å². The lowest BCUT2D eigenvalue weighted by atomic mass is 10.1. The highest BCUT2D eigenvalue weighted by atomic mass is 16.5. The van der Waals surface area contributed by atoms with E-state index in [4.69, 9.17) is 4.74 Å². The van der Waals surface area contributed by atoms with E-state index < -0.39 is 0 Å². The first-order chi connectivity index (χ1) is 6.18. The lowest BCUT2D eigenvalue weighted by Crippen LogP contribution is -2.25. The number of rotatable bonds is 3. The number of hydrogen-bond donors (Lipinski definition) is 1. The van der Waals surface area contributed by atoms with Crippen molar-refractivity contribution in [2.24, 2.45) is 5.10 Å². The van der Waals surface area contributed by atoms with Crippen molar-refractivity contribution in [1.82, 2.24) is 5.43 Å². The van der Waals surface area contributed by atoms with Crippen molar-refractivity contribution in [3.05, 3.63) is 12.2 Å². The summed E-state index contributed by atoms with van der Waals surface area (Å²) in [6.07, 6.45) is 2.22. The van der Waals surface area contributed by atoms with Gasteiger partial charge < -0.3 is 10.2 Å². The molecule has 1 atom stereocenters. The van der Waals surface area contributed by atoms with Gasteiger partial charge in [0, 0.05) is 18.6 Å². The molecule has 0 amide bonds. The summed E-state index contributed by atoms with van der Waals surface area (Å²) < 4.78 is 5.41. The van der Waals surface area contributed by atoms with Gasteiger partial charge >= 0.3 is 0 Å². The Morgan fingerprint density at radius 2 is 2.54 bits per heavy atom. The molecule has 74 valence electrons. The van der Waals surface area contributed by atoms with Crippen LogP contribution in [0.25, 0.3) is 0 Å². The Morgan fingerprint density at radius 1 is 1.77 bits per heavy atom. The summed E-state index contributed by atoms with van der Waals surface area (Å²) in [5, 5.41) is 4.30. The molecular formula is C10H18N2O. The maximum atomic E-state index is 5.41. The van der Waals surface area contributed by atoms with Gasteiger partial charge in [0.2, 0.25) is 0 Å². The average Bonchev–Trinajstić information content (AvgIpc) is 2.03. The molecule has 1 saturated heterocycles. The molecule has 3 heteroatoms. The van der Waals surface area contributed by atoms with Crippen LogP contribution in [0.1, 0.15) is 26.7 Å². The Balaban J connectivity index is 2.28. The van der Waals surface area contributed by atoms with Crippen LogP contribution in [0.5, 0.6) is 0 Å². The lowest BCUT2D eigenvalue weighted by molar-refractivity contribution is 0.0631. The highest BCUT2D eigenvalue weighted by molar-refractivity contribution is 5.85. The minimum Gasteiger partial charge on any atom is -0.378 e. The summed E-state index contributed by atoms with van der Waals surface area (Å²) in [7, 11) is 0. The Bertz CT molecular complexity index is 211. The zero-order chi connectivity index (χ0) is 9.68. The van der Waals surface area contributed by atoms with Crippen molar-refractivity contribution >= 4 is 5.71 Å². The van der Waals surface area contributed by atoms with E-state index in [2.05, 4.69) is 24.0 Å². The second kappa shape index (κ2) is 5.02. The summed E-state index contributed by atoms with van der Waals surface area (Å²) >= 11 is 0. The third kappa shape index (κ3) is 4.08. The Labute approximate surface area is 79.9 Å². The molecule has 1 aliphatic heterocycles. The molecule has 0 bridgehead atoms. The number of nitrogens with zero attached hydrogens (tertiary/aromatic N) is 1. The first-order valence-electron chi connectivity index (χ1n) is 4.72. The van der Waals surface area contributed by atoms with Crippen LogP contribution in [0.2, 0.25) is 0 Å². The number of nitrogens with one attached hydrogen (secondary N) is 1. The third-order valence-electron chi connectivity index (χ3n) is 1.93. The Hall–Kier alpha value is -0.830. The molecule has 0 saturated carbocycles. The van der Waals surface area contributed by atoms with E-state index in [-0.39, 0.29) is 0 Å². The van der Waals surface area contributed by atoms with Gasteiger partial charge in [-0.3, -0.25) is 0 Å². The fourth-order valence-corrected chi connectivity index (χ4v) is 1.26. The maximum absolute atomic E-state index is 5.41. The second-order valence-corrected chi connectivity index (χ2v) is 3.61. The normalized spacial score (nSPS) is 26.0. The van der Waals surface area contributed by atoms with Gasteiger partial charge in [0.1, 0.15) is 0 Å². The van der Waals surface area contributed by atoms with E-state index in [1.54, 1.807) is 0 Å². The second-order valence-electron chi connectivity index (χ2n) is 3.61. The smallest absolute Gasteiger partial charge is 0.0599 e. The van der Waals surface area contributed by atoms with E-state index in [0.29, 0.717) is 6.10 Å². The van der Waals surface area contributed by atoms with E-state index in [1.165, 1.54) is 5.71 Å². The molecule has 3 nitrogen and oxygen atoms in total. The van der Waals surface area contributed by atoms with Gasteiger partial charge in [-0.25, -0.2) is 0 Å². The summed E-state index contributed by atoms with van der Waals surface area (Å²) in [6.45, 7) is 9.42. The lowest BCUT2D eigenvalue weighted by Gasteiger charge is -2.20. The number of hydrogen-bond acceptors (Lipinski definition) is 3. The third-order valence-corrected chi connectivity index (χ3v) is 1.93. The molecule has 13 heavy (non-hydrogen) atoms. The Kier molecular flexibility index (Phi) is 3.96. The molecule has 1 unspecified atom stereocenters. The van der Waals surface area contributed by atoms with Crippen molar-refractivity contribution in [2.45, 2.75) is 32.8 Å². The average molecular weight is 182 g/mol. The van der Waals surface area contributed by atoms with Gasteiger partial charge in [-0.1, -0.05) is 12.2 Å². The minimum atomic E-state index is 0.319. The van der Waals surface area contributed by atoms with Gasteiger partial charge in [0.25, 0.3) is 0 Å². The van der Waals surface area contributed by atoms with E-state index >= 15 is 0 Å². The maximum Gasteiger partial charge on any atom is 0.0599 e. The van der Waals surface area contributed by atoms with Crippen LogP contribution in [-0.4, -0.2) is 25.0 Å². The van der Waals surface area contributed by atoms with Crippen molar-refractivity contribution in [3.8, 4) is 0 Å². The van der Waals surface area contributed by atoms with Crippen LogP contribution in [0.4, 0.5) is 0 Å². The molecule has 1 fully saturated rings. The molecule has 1 heterocycles. The SMILES string of the molecule is C=C(C)CN/N=C1\CCOC(C)C1. The first-order valence-corrected chi connectivity index (χ1v) is 4.72. The van der Waals surface area contributed by atoms with Crippen molar-refractivity contribution < 1.29 is 4.74 Å². The minimum absolute atomic E-state index is 0.319. The predicted molar refractivity (Wildman–Crippen MR) is 54.9 cm³/mol. The molecule has 1 N–H and O–H groups in total. The zero-order valence-corrected chi connectivity index (χ0v) is 8.47. The zero-order valence-electron chi connectivity index (χ0n) is 8.47. The van der Waals surface area contributed by atoms with Crippen molar-refractivity contribution in [2.75, 3.05) is 13.2 Å². The quantitative estimate of drug-likeness (QED) is 0.532. The van der Waals surface area contributed by atoms with Gasteiger partial charge in [0.05, 0.1) is 19.3 Å². The standard InChI is InChI=1S/C10H18N2O/c1-8(2)7-11-12-10-4-5-13-9(3)6-10/h9,11H,1,4-7H2,2-3H3/b12-10+. The summed E-state index contributed by atoms with van der Waals surface area (Å²) in [5.74, 6) is 0. The summed E-state index contributed by atoms with van der Waals surface area (Å²) in [4.78, 5) is 0. The number of ether oxygens (including phenoxy) is 1. The fraction of sp³-hybridized carbons (Fsp3) is 0.700. The molecule has 0 aromatic heterocycles. The topological polar surface area (TPSA) is 33.6 Å². The van der Waals surface area contributed by atoms with Gasteiger partial charge in [-0.05, 0) is 13.8 Å². The van der Waals surface area contributed by atoms with Crippen LogP contribution in [0, 0.1) is 0 Å². The van der Waals surface area contributed by atoms with Gasteiger partial charge in [0.15, 0.2) is 0 Å². The van der Waals surface area contributed by atoms with Gasteiger partial charge in [-0.2, -0.15) is 5.10 Å². The van der Waals surface area contributed by atoms with Crippen molar-refractivity contribution in [1.29, 1.82) is 0 Å². The van der Waals surface area contributed by atoms with E-state index in [9.17, 15) is 0 Å². The van der Waals surface area contributed by atoms with Crippen LogP contribution in [0.15, 0.2) is 17.3 Å². The van der Waals surface area contributed by atoms with E-state index in [0.717, 1.165) is 31.6 Å². The largest absolute Gasteiger partial charge is 0.378 e. The van der Waals surface area contributed by atoms with Crippen molar-refractivity contribution in [3.63, 3.8) is 0 Å². The molecule has 0 spiro atoms. The Morgan fingerprint density at radius 3 is 3.15 bits per heavy atom. The molecule has 1 aliphatic rings. The van der Waals surface area contributed by atoms with Crippen LogP contribution < -0.4 is 5.43 Å². The molecule has 0 aromatic carbocycles. The van der Waals surface area contributed by atoms with Crippen LogP contribution in [-0.2, 0) is 4.74 Å². The van der Waals surface area contributed by atoms with E-state index in [1.807, 2.05) is 6.92 Å². The highest BCUT2D eigenvalue weighted by Gasteiger charge is 2.13. The first kappa shape index (κ1) is 10.3. The predicted octanol–water partition coefficient (Wildman–Crippen LogP) is 1.71. The highest BCUT2D eigenvalue weighted by Crippen LogP contribution is 2.09. The number of hydrazone groups is 1. The monoisotopic (exact) mass is 182 g/mol.